The predicted molar refractivity (Wildman–Crippen MR) is 92.2 cm³/mol. The van der Waals surface area contributed by atoms with E-state index in [1.54, 1.807) is 12.0 Å². The van der Waals surface area contributed by atoms with Gasteiger partial charge in [0.05, 0.1) is 12.3 Å². The fraction of sp³-hybridized carbons (Fsp3) is 0.625. The SMILES string of the molecule is CCn1nc(C)c(CN(CCOC)C(=O)CCc2n[nH]c(=O)[nH]2)c1C. The van der Waals surface area contributed by atoms with Crippen LogP contribution in [0.5, 0.6) is 0 Å². The lowest BCUT2D eigenvalue weighted by Gasteiger charge is -2.22. The molecule has 0 unspecified atom stereocenters. The molecule has 1 amide bonds. The number of nitrogens with one attached hydrogen (secondary N) is 2. The Balaban J connectivity index is 2.08. The first-order chi connectivity index (χ1) is 12.0. The summed E-state index contributed by atoms with van der Waals surface area (Å²) in [6.45, 7) is 8.28. The van der Waals surface area contributed by atoms with Gasteiger partial charge in [0.15, 0.2) is 0 Å². The van der Waals surface area contributed by atoms with Crippen LogP contribution in [0, 0.1) is 13.8 Å². The largest absolute Gasteiger partial charge is 0.383 e. The Hall–Kier alpha value is -2.42. The molecule has 0 aliphatic heterocycles. The fourth-order valence-electron chi connectivity index (χ4n) is 2.76. The van der Waals surface area contributed by atoms with Crippen molar-refractivity contribution in [2.45, 2.75) is 46.7 Å². The van der Waals surface area contributed by atoms with Crippen molar-refractivity contribution in [3.63, 3.8) is 0 Å². The van der Waals surface area contributed by atoms with Crippen LogP contribution in [0.25, 0.3) is 0 Å². The quantitative estimate of drug-likeness (QED) is 0.686. The second-order valence-electron chi connectivity index (χ2n) is 5.90. The molecule has 25 heavy (non-hydrogen) atoms. The summed E-state index contributed by atoms with van der Waals surface area (Å²) in [5, 5.41) is 10.6. The molecule has 0 saturated carbocycles. The molecular formula is C16H26N6O3. The highest BCUT2D eigenvalue weighted by Crippen LogP contribution is 2.16. The normalized spacial score (nSPS) is 11.0. The van der Waals surface area contributed by atoms with E-state index in [9.17, 15) is 9.59 Å². The molecule has 9 nitrogen and oxygen atoms in total. The summed E-state index contributed by atoms with van der Waals surface area (Å²) in [5.74, 6) is 0.472. The lowest BCUT2D eigenvalue weighted by atomic mass is 10.1. The summed E-state index contributed by atoms with van der Waals surface area (Å²) >= 11 is 0. The first kappa shape index (κ1) is 18.9. The predicted octanol–water partition coefficient (Wildman–Crippen LogP) is 0.539. The molecular weight excluding hydrogens is 324 g/mol. The molecule has 2 N–H and O–H groups in total. The van der Waals surface area contributed by atoms with Crippen molar-refractivity contribution in [2.24, 2.45) is 0 Å². The number of H-pyrrole nitrogens is 2. The van der Waals surface area contributed by atoms with Crippen LogP contribution < -0.4 is 5.69 Å². The van der Waals surface area contributed by atoms with Crippen molar-refractivity contribution in [1.82, 2.24) is 29.9 Å². The van der Waals surface area contributed by atoms with Crippen LogP contribution in [-0.2, 0) is 29.0 Å². The van der Waals surface area contributed by atoms with Crippen LogP contribution in [0.15, 0.2) is 4.79 Å². The number of carbonyl (C=O) groups excluding carboxylic acids is 1. The van der Waals surface area contributed by atoms with Crippen LogP contribution in [0.2, 0.25) is 0 Å². The zero-order valence-corrected chi connectivity index (χ0v) is 15.3. The molecule has 0 saturated heterocycles. The highest BCUT2D eigenvalue weighted by molar-refractivity contribution is 5.76. The Morgan fingerprint density at radius 2 is 2.12 bits per heavy atom. The lowest BCUT2D eigenvalue weighted by molar-refractivity contribution is -0.132. The molecule has 0 aromatic carbocycles. The highest BCUT2D eigenvalue weighted by Gasteiger charge is 2.19. The summed E-state index contributed by atoms with van der Waals surface area (Å²) in [6.07, 6.45) is 0.651. The van der Waals surface area contributed by atoms with Crippen molar-refractivity contribution < 1.29 is 9.53 Å². The Morgan fingerprint density at radius 1 is 1.36 bits per heavy atom. The van der Waals surface area contributed by atoms with Gasteiger partial charge in [-0.1, -0.05) is 0 Å². The third-order valence-electron chi connectivity index (χ3n) is 4.22. The van der Waals surface area contributed by atoms with E-state index < -0.39 is 0 Å². The maximum Gasteiger partial charge on any atom is 0.340 e. The molecule has 0 aliphatic rings. The van der Waals surface area contributed by atoms with E-state index in [1.165, 1.54) is 0 Å². The Bertz CT molecular complexity index is 760. The van der Waals surface area contributed by atoms with Gasteiger partial charge in [0.25, 0.3) is 0 Å². The third kappa shape index (κ3) is 4.79. The van der Waals surface area contributed by atoms with Gasteiger partial charge in [-0.05, 0) is 20.8 Å². The van der Waals surface area contributed by atoms with Gasteiger partial charge in [-0.15, -0.1) is 0 Å². The standard InChI is InChI=1S/C16H26N6O3/c1-5-22-12(3)13(11(2)20-22)10-21(8-9-25-4)15(23)7-6-14-17-16(24)19-18-14/h5-10H2,1-4H3,(H2,17,18,19,24). The Kier molecular flexibility index (Phi) is 6.51. The van der Waals surface area contributed by atoms with Crippen molar-refractivity contribution >= 4 is 5.91 Å². The minimum Gasteiger partial charge on any atom is -0.383 e. The number of aromatic amines is 2. The van der Waals surface area contributed by atoms with Gasteiger partial charge in [0.2, 0.25) is 5.91 Å². The molecule has 2 aromatic heterocycles. The maximum absolute atomic E-state index is 12.6. The Labute approximate surface area is 146 Å². The van der Waals surface area contributed by atoms with Crippen LogP contribution in [0.4, 0.5) is 0 Å². The summed E-state index contributed by atoms with van der Waals surface area (Å²) < 4.78 is 7.08. The van der Waals surface area contributed by atoms with Crippen molar-refractivity contribution in [2.75, 3.05) is 20.3 Å². The fourth-order valence-corrected chi connectivity index (χ4v) is 2.76. The number of nitrogens with zero attached hydrogens (tertiary/aromatic N) is 4. The number of amides is 1. The number of carbonyl (C=O) groups is 1. The average Bonchev–Trinajstić information content (AvgIpc) is 3.13. The smallest absolute Gasteiger partial charge is 0.340 e. The van der Waals surface area contributed by atoms with E-state index in [4.69, 9.17) is 4.74 Å². The van der Waals surface area contributed by atoms with Crippen LogP contribution in [0.3, 0.4) is 0 Å². The van der Waals surface area contributed by atoms with Gasteiger partial charge in [-0.3, -0.25) is 14.5 Å². The topological polar surface area (TPSA) is 109 Å². The molecule has 0 spiro atoms. The summed E-state index contributed by atoms with van der Waals surface area (Å²) in [6, 6.07) is 0. The summed E-state index contributed by atoms with van der Waals surface area (Å²) in [5.41, 5.74) is 2.72. The van der Waals surface area contributed by atoms with Crippen molar-refractivity contribution in [3.05, 3.63) is 33.3 Å². The number of aryl methyl sites for hydroxylation is 3. The molecule has 2 rings (SSSR count). The van der Waals surface area contributed by atoms with Crippen LogP contribution in [0.1, 0.15) is 36.1 Å². The molecule has 0 bridgehead atoms. The van der Waals surface area contributed by atoms with E-state index in [2.05, 4.69) is 20.3 Å². The minimum absolute atomic E-state index is 0.0102. The first-order valence-electron chi connectivity index (χ1n) is 8.39. The van der Waals surface area contributed by atoms with Crippen LogP contribution in [-0.4, -0.2) is 56.0 Å². The summed E-state index contributed by atoms with van der Waals surface area (Å²) in [4.78, 5) is 28.0. The van der Waals surface area contributed by atoms with Gasteiger partial charge in [-0.2, -0.15) is 10.2 Å². The maximum atomic E-state index is 12.6. The third-order valence-corrected chi connectivity index (χ3v) is 4.22. The van der Waals surface area contributed by atoms with Crippen molar-refractivity contribution in [1.29, 1.82) is 0 Å². The van der Waals surface area contributed by atoms with E-state index in [0.717, 1.165) is 23.5 Å². The Morgan fingerprint density at radius 3 is 2.68 bits per heavy atom. The van der Waals surface area contributed by atoms with Crippen LogP contribution >= 0.6 is 0 Å². The lowest BCUT2D eigenvalue weighted by Crippen LogP contribution is -2.34. The zero-order chi connectivity index (χ0) is 18.4. The van der Waals surface area contributed by atoms with E-state index >= 15 is 0 Å². The molecule has 2 aromatic rings. The second kappa shape index (κ2) is 8.61. The highest BCUT2D eigenvalue weighted by atomic mass is 16.5. The number of methoxy groups -OCH3 is 1. The molecule has 138 valence electrons. The van der Waals surface area contributed by atoms with Gasteiger partial charge >= 0.3 is 5.69 Å². The molecule has 9 heteroatoms. The van der Waals surface area contributed by atoms with Gasteiger partial charge in [0.1, 0.15) is 5.82 Å². The number of aromatic nitrogens is 5. The van der Waals surface area contributed by atoms with Gasteiger partial charge in [0, 0.05) is 50.8 Å². The monoisotopic (exact) mass is 350 g/mol. The second-order valence-corrected chi connectivity index (χ2v) is 5.90. The summed E-state index contributed by atoms with van der Waals surface area (Å²) in [7, 11) is 1.61. The number of rotatable bonds is 9. The van der Waals surface area contributed by atoms with E-state index in [-0.39, 0.29) is 18.0 Å². The van der Waals surface area contributed by atoms with E-state index in [1.807, 2.05) is 25.5 Å². The van der Waals surface area contributed by atoms with Gasteiger partial charge < -0.3 is 9.64 Å². The number of ether oxygens (including phenoxy) is 1. The molecule has 2 heterocycles. The first-order valence-corrected chi connectivity index (χ1v) is 8.39. The van der Waals surface area contributed by atoms with Gasteiger partial charge in [-0.25, -0.2) is 9.89 Å². The minimum atomic E-state index is -0.364. The number of hydrogen-bond donors (Lipinski definition) is 2. The average molecular weight is 350 g/mol. The number of hydrogen-bond acceptors (Lipinski definition) is 5. The molecule has 0 radical (unpaired) electrons. The molecule has 0 aliphatic carbocycles. The van der Waals surface area contributed by atoms with E-state index in [0.29, 0.717) is 31.9 Å². The zero-order valence-electron chi connectivity index (χ0n) is 15.3. The van der Waals surface area contributed by atoms with Crippen molar-refractivity contribution in [3.8, 4) is 0 Å². The molecule has 0 fully saturated rings. The molecule has 0 atom stereocenters.